The van der Waals surface area contributed by atoms with Crippen LogP contribution in [0, 0.1) is 18.5 Å². The van der Waals surface area contributed by atoms with Gasteiger partial charge in [0.25, 0.3) is 6.33 Å². The van der Waals surface area contributed by atoms with Crippen molar-refractivity contribution in [1.82, 2.24) is 14.1 Å². The molecule has 0 aliphatic carbocycles. The normalized spacial score (nSPS) is 15.6. The summed E-state index contributed by atoms with van der Waals surface area (Å²) in [5.41, 5.74) is 3.63. The zero-order valence-electron chi connectivity index (χ0n) is 71.6. The Hall–Kier alpha value is -8.67. The maximum atomic E-state index is 10.3. The van der Waals surface area contributed by atoms with E-state index < -0.39 is 161 Å². The molecule has 0 saturated heterocycles. The summed E-state index contributed by atoms with van der Waals surface area (Å²) in [6, 6.07) is 25.1. The molecule has 0 aliphatic rings. The zero-order chi connectivity index (χ0) is 78.7. The van der Waals surface area contributed by atoms with Gasteiger partial charge in [-0.2, -0.15) is 18.2 Å². The Labute approximate surface area is 569 Å². The summed E-state index contributed by atoms with van der Waals surface area (Å²) in [4.78, 5) is 4.86. The number of hydrogen-bond donors (Lipinski definition) is 0. The Kier molecular flexibility index (Phi) is 10.7. The van der Waals surface area contributed by atoms with Gasteiger partial charge in [0.15, 0.2) is 8.07 Å². The monoisotopic (exact) mass is 1380 g/mol. The zero-order valence-corrected chi connectivity index (χ0v) is 54.8. The van der Waals surface area contributed by atoms with E-state index in [9.17, 15) is 19.2 Å². The van der Waals surface area contributed by atoms with E-state index in [0.29, 0.717) is 22.5 Å². The van der Waals surface area contributed by atoms with Crippen molar-refractivity contribution in [3.8, 4) is 50.9 Å². The Morgan fingerprint density at radius 2 is 1.03 bits per heavy atom. The fraction of sp³-hybridized carbons (Fsp3) is 0.195. The van der Waals surface area contributed by atoms with Crippen molar-refractivity contribution in [2.75, 3.05) is 0 Å². The standard InChI is InChI=1S/C82H76N4OSi.Pt/c1-79(2,3)59-44-45-83-77(52-59)86-72-39-26-25-38-69(72)70-42-41-65(54-74(70)86)87-64-31-27-30-63(53-64)84-55-85(73-43-40-57(48-75(73)84)56-28-17-13-18-29-56)78-71(58-46-60(80(4,5)6)49-61(47-58)81(7,8)9)50-62(82(10,11)12)51-76(78)88(66-32-19-14-20-33-66,67-34-21-15-22-35-67)68-36-23-16-24-37-68;/h13-52H,1-12H3;/q-2;/i13D,14D,15D,16D,17D,18D,19D,20D,21D,22D,23D,24D,28D,29D,32D,33D,34D,35D,36D,37D;. The number of rotatable bonds is 11. The third-order valence-electron chi connectivity index (χ3n) is 16.3. The van der Waals surface area contributed by atoms with Gasteiger partial charge in [-0.25, -0.2) is 4.98 Å². The molecule has 13 rings (SSSR count). The molecule has 0 spiro atoms. The van der Waals surface area contributed by atoms with Crippen LogP contribution < -0.4 is 30.1 Å². The maximum Gasteiger partial charge on any atom is 0.268 e. The second-order valence-corrected chi connectivity index (χ2v) is 29.8. The summed E-state index contributed by atoms with van der Waals surface area (Å²) in [7, 11) is -6.09. The molecule has 10 aromatic carbocycles. The van der Waals surface area contributed by atoms with E-state index in [1.54, 1.807) is 63.9 Å². The van der Waals surface area contributed by atoms with Gasteiger partial charge in [-0.1, -0.05) is 270 Å². The van der Waals surface area contributed by atoms with Gasteiger partial charge < -0.3 is 13.9 Å². The minimum atomic E-state index is -6.09. The molecule has 0 unspecified atom stereocenters. The van der Waals surface area contributed by atoms with Crippen LogP contribution in [0.25, 0.3) is 72.3 Å². The van der Waals surface area contributed by atoms with Crippen LogP contribution in [0.2, 0.25) is 0 Å². The number of fused-ring (bicyclic) bond motifs is 4. The van der Waals surface area contributed by atoms with Crippen LogP contribution in [0.5, 0.6) is 11.5 Å². The van der Waals surface area contributed by atoms with Crippen molar-refractivity contribution in [2.24, 2.45) is 0 Å². The molecule has 446 valence electrons. The first-order valence-corrected chi connectivity index (χ1v) is 31.2. The molecule has 5 nitrogen and oxygen atoms in total. The number of hydrogen-bond acceptors (Lipinski definition) is 2. The van der Waals surface area contributed by atoms with Gasteiger partial charge >= 0.3 is 0 Å². The topological polar surface area (TPSA) is 35.9 Å². The molecule has 13 aromatic rings. The molecule has 0 saturated carbocycles. The average Bonchev–Trinajstić information content (AvgIpc) is 0.980. The Morgan fingerprint density at radius 3 is 1.63 bits per heavy atom. The maximum absolute atomic E-state index is 10.3. The van der Waals surface area contributed by atoms with Crippen LogP contribution in [0.1, 0.15) is 133 Å². The molecule has 0 atom stereocenters. The van der Waals surface area contributed by atoms with E-state index >= 15 is 0 Å². The van der Waals surface area contributed by atoms with E-state index in [1.807, 2.05) is 121 Å². The van der Waals surface area contributed by atoms with Gasteiger partial charge in [-0.15, -0.1) is 29.7 Å². The van der Waals surface area contributed by atoms with E-state index in [4.69, 9.17) is 17.9 Å². The summed E-state index contributed by atoms with van der Waals surface area (Å²) in [5.74, 6) is 1.09. The summed E-state index contributed by atoms with van der Waals surface area (Å²) >= 11 is 0. The number of nitrogens with zero attached hydrogens (tertiary/aromatic N) is 4. The molecular formula is C82H76N4OPtSi-2. The van der Waals surface area contributed by atoms with Crippen LogP contribution in [-0.4, -0.2) is 22.2 Å². The number of pyridine rings is 1. The average molecular weight is 1380 g/mol. The third-order valence-corrected chi connectivity index (χ3v) is 20.5. The van der Waals surface area contributed by atoms with Gasteiger partial charge in [-0.05, 0) is 122 Å². The Bertz CT molecular complexity index is 5690. The molecule has 7 heteroatoms. The van der Waals surface area contributed by atoms with Crippen LogP contribution in [0.4, 0.5) is 0 Å². The molecule has 0 bridgehead atoms. The first-order chi connectivity index (χ1) is 50.4. The fourth-order valence-electron chi connectivity index (χ4n) is 11.5. The Morgan fingerprint density at radius 1 is 0.472 bits per heavy atom. The van der Waals surface area contributed by atoms with Crippen LogP contribution in [-0.2, 0) is 42.7 Å². The summed E-state index contributed by atoms with van der Waals surface area (Å²) in [6.07, 6.45) is 5.38. The molecule has 0 fully saturated rings. The summed E-state index contributed by atoms with van der Waals surface area (Å²) in [6.45, 7) is 24.3. The minimum absolute atomic E-state index is 0. The Balaban J connectivity index is 0.0000111. The first-order valence-electron chi connectivity index (χ1n) is 39.2. The largest absolute Gasteiger partial charge is 0.510 e. The number of ether oxygens (including phenoxy) is 1. The van der Waals surface area contributed by atoms with Gasteiger partial charge in [0, 0.05) is 44.3 Å². The second-order valence-electron chi connectivity index (χ2n) is 26.3. The molecule has 3 heterocycles. The second kappa shape index (κ2) is 23.4. The fourth-order valence-corrected chi connectivity index (χ4v) is 15.5. The van der Waals surface area contributed by atoms with Crippen molar-refractivity contribution < 1.29 is 57.8 Å². The number of aromatic nitrogens is 4. The summed E-state index contributed by atoms with van der Waals surface area (Å²) in [5, 5.41) is -0.490. The quantitative estimate of drug-likeness (QED) is 0.0560. The molecule has 3 aromatic heterocycles. The van der Waals surface area contributed by atoms with Crippen molar-refractivity contribution >= 4 is 61.7 Å². The molecule has 0 amide bonds. The molecule has 0 aliphatic heterocycles. The summed E-state index contributed by atoms with van der Waals surface area (Å²) < 4.78 is 204. The molecule has 89 heavy (non-hydrogen) atoms. The van der Waals surface area contributed by atoms with Crippen LogP contribution >= 0.6 is 0 Å². The predicted octanol–water partition coefficient (Wildman–Crippen LogP) is 17.5. The van der Waals surface area contributed by atoms with E-state index in [2.05, 4.69) is 51.4 Å². The smallest absolute Gasteiger partial charge is 0.268 e. The van der Waals surface area contributed by atoms with Crippen molar-refractivity contribution in [3.05, 3.63) is 283 Å². The van der Waals surface area contributed by atoms with Gasteiger partial charge in [-0.3, -0.25) is 4.57 Å². The number of imidazole rings is 1. The SMILES string of the molecule is [2H]c1c([2H])c([2H])c(-c2ccc3c(c2)n(-c2[c-]c(Oc4[c-]c5c(cc4)c4ccccc4n5-c4cc(C(C)(C)C)ccn4)ccc2)[c-][n+]3-c2c(-c3cc(C(C)(C)C)cc(C(C)(C)C)c3)cc(C(C)(C)C)cc2[Si](c2c([2H])c([2H])c([2H])c([2H])c2[2H])(c2c([2H])c([2H])c([2H])c([2H])c2[2H])c2c([2H])c([2H])c([2H])c([2H])c2[2H])c([2H])c1[2H].[Pt]. The van der Waals surface area contributed by atoms with Crippen LogP contribution in [0.3, 0.4) is 0 Å². The molecule has 0 radical (unpaired) electrons. The van der Waals surface area contributed by atoms with Crippen LogP contribution in [0.15, 0.2) is 242 Å². The molecule has 0 N–H and O–H groups in total. The van der Waals surface area contributed by atoms with Gasteiger partial charge in [0.05, 0.1) is 44.1 Å². The van der Waals surface area contributed by atoms with E-state index in [0.717, 1.165) is 33.0 Å². The predicted molar refractivity (Wildman–Crippen MR) is 369 cm³/mol. The number of benzene rings is 10. The minimum Gasteiger partial charge on any atom is -0.510 e. The van der Waals surface area contributed by atoms with Crippen molar-refractivity contribution in [3.63, 3.8) is 0 Å². The van der Waals surface area contributed by atoms with E-state index in [1.165, 1.54) is 0 Å². The van der Waals surface area contributed by atoms with Crippen molar-refractivity contribution in [1.29, 1.82) is 0 Å². The van der Waals surface area contributed by atoms with Gasteiger partial charge in [0.2, 0.25) is 0 Å². The van der Waals surface area contributed by atoms with Crippen molar-refractivity contribution in [2.45, 2.75) is 105 Å². The van der Waals surface area contributed by atoms with Gasteiger partial charge in [0.1, 0.15) is 5.82 Å². The first kappa shape index (κ1) is 40.8. The third kappa shape index (κ3) is 11.4. The molecular weight excluding hydrogens is 1280 g/mol. The van der Waals surface area contributed by atoms with E-state index in [-0.39, 0.29) is 82.3 Å². The number of para-hydroxylation sites is 1.